The lowest BCUT2D eigenvalue weighted by Gasteiger charge is -2.34. The second-order valence-electron chi connectivity index (χ2n) is 18.7. The highest BCUT2D eigenvalue weighted by Gasteiger charge is 2.25. The number of likely N-dealkylation sites (N-methyl/N-ethyl adjacent to an activating group) is 1. The predicted octanol–water partition coefficient (Wildman–Crippen LogP) is 14.3. The molecule has 0 rings (SSSR count). The van der Waals surface area contributed by atoms with Crippen LogP contribution in [0, 0.1) is 0 Å². The average molecular weight is 922 g/mol. The summed E-state index contributed by atoms with van der Waals surface area (Å²) in [5.74, 6) is -1.75. The Morgan fingerprint density at radius 2 is 0.803 bits per heavy atom. The number of aliphatic carboxylic acids is 1. The van der Waals surface area contributed by atoms with Gasteiger partial charge in [-0.1, -0.05) is 195 Å². The monoisotopic (exact) mass is 922 g/mol. The molecule has 0 bridgehead atoms. The Hall–Kier alpha value is -3.49. The van der Waals surface area contributed by atoms with E-state index < -0.39 is 18.1 Å². The van der Waals surface area contributed by atoms with Gasteiger partial charge in [-0.25, -0.2) is 0 Å². The van der Waals surface area contributed by atoms with Crippen molar-refractivity contribution in [2.24, 2.45) is 0 Å². The van der Waals surface area contributed by atoms with Gasteiger partial charge in [0.15, 0.2) is 6.10 Å². The predicted molar refractivity (Wildman–Crippen MR) is 277 cm³/mol. The lowest BCUT2D eigenvalue weighted by Crippen LogP contribution is -2.55. The highest BCUT2D eigenvalue weighted by atomic mass is 16.6. The number of carboxylic acid groups (broad SMARTS) is 1. The highest BCUT2D eigenvalue weighted by Crippen LogP contribution is 2.15. The van der Waals surface area contributed by atoms with E-state index in [-0.39, 0.29) is 42.7 Å². The Bertz CT molecular complexity index is 1350. The molecule has 0 fully saturated rings. The van der Waals surface area contributed by atoms with E-state index in [0.717, 1.165) is 89.9 Å². The maximum Gasteiger partial charge on any atom is 0.306 e. The first-order chi connectivity index (χ1) is 32.1. The van der Waals surface area contributed by atoms with Crippen LogP contribution >= 0.6 is 0 Å². The van der Waals surface area contributed by atoms with Crippen molar-refractivity contribution >= 4 is 17.9 Å². The van der Waals surface area contributed by atoms with Crippen molar-refractivity contribution in [3.8, 4) is 0 Å². The summed E-state index contributed by atoms with van der Waals surface area (Å²) in [5.41, 5.74) is 0. The van der Waals surface area contributed by atoms with Crippen LogP contribution in [-0.2, 0) is 28.6 Å². The lowest BCUT2D eigenvalue weighted by molar-refractivity contribution is -0.889. The smallest absolute Gasteiger partial charge is 0.306 e. The number of carbonyl (C=O) groups excluding carboxylic acids is 3. The molecule has 0 saturated carbocycles. The van der Waals surface area contributed by atoms with Crippen molar-refractivity contribution in [1.29, 1.82) is 0 Å². The number of rotatable bonds is 47. The molecule has 0 aliphatic rings. The molecule has 0 saturated heterocycles. The molecule has 0 aromatic heterocycles. The molecule has 0 spiro atoms. The van der Waals surface area contributed by atoms with Gasteiger partial charge in [0, 0.05) is 19.3 Å². The van der Waals surface area contributed by atoms with Crippen molar-refractivity contribution < 1.29 is 38.2 Å². The molecule has 0 aromatic carbocycles. The standard InChI is InChI=1S/C58H99NO7/c1-6-8-10-12-14-16-18-20-22-24-26-28-29-31-32-34-36-38-40-42-44-46-48-56(60)65-53-54(52-64-51-50-55(58(62)63)59(3,4)5)66-57(61)49-47-45-43-41-39-37-35-33-30-27-25-23-21-19-17-15-13-11-9-7-2/h8-11,14-17,20-23,26,28,54-55H,6-7,12-13,18-19,24-25,27,29-53H2,1-5H3/b10-8+,11-9+,16-14+,17-15+,22-20+,23-21+,28-26+. The number of hydrogen-bond acceptors (Lipinski definition) is 7. The Morgan fingerprint density at radius 3 is 1.18 bits per heavy atom. The fourth-order valence-electron chi connectivity index (χ4n) is 7.49. The molecule has 2 unspecified atom stereocenters. The van der Waals surface area contributed by atoms with Crippen LogP contribution in [0.2, 0.25) is 0 Å². The van der Waals surface area contributed by atoms with E-state index in [1.807, 2.05) is 0 Å². The zero-order valence-corrected chi connectivity index (χ0v) is 43.1. The zero-order valence-electron chi connectivity index (χ0n) is 43.1. The Balaban J connectivity index is 4.24. The molecule has 0 N–H and O–H groups in total. The number of unbranched alkanes of at least 4 members (excludes halogenated alkanes) is 19. The molecule has 66 heavy (non-hydrogen) atoms. The molecular weight excluding hydrogens is 823 g/mol. The number of esters is 2. The van der Waals surface area contributed by atoms with E-state index in [1.54, 1.807) is 21.1 Å². The van der Waals surface area contributed by atoms with Crippen LogP contribution in [0.15, 0.2) is 85.1 Å². The van der Waals surface area contributed by atoms with Crippen LogP contribution in [0.1, 0.15) is 213 Å². The number of hydrogen-bond donors (Lipinski definition) is 0. The van der Waals surface area contributed by atoms with Gasteiger partial charge in [0.2, 0.25) is 0 Å². The van der Waals surface area contributed by atoms with Crippen LogP contribution in [0.25, 0.3) is 0 Å². The number of carboxylic acids is 1. The Labute approximate surface area is 405 Å². The molecule has 0 radical (unpaired) electrons. The molecule has 8 heteroatoms. The summed E-state index contributed by atoms with van der Waals surface area (Å²) in [6.07, 6.45) is 63.2. The van der Waals surface area contributed by atoms with E-state index in [1.165, 1.54) is 89.9 Å². The van der Waals surface area contributed by atoms with Crippen molar-refractivity contribution in [3.63, 3.8) is 0 Å². The van der Waals surface area contributed by atoms with E-state index in [4.69, 9.17) is 14.2 Å². The first-order valence-electron chi connectivity index (χ1n) is 26.6. The lowest BCUT2D eigenvalue weighted by atomic mass is 10.0. The molecule has 0 aliphatic heterocycles. The highest BCUT2D eigenvalue weighted by molar-refractivity contribution is 5.70. The number of quaternary nitrogens is 1. The quantitative estimate of drug-likeness (QED) is 0.0259. The third-order valence-electron chi connectivity index (χ3n) is 11.5. The maximum absolute atomic E-state index is 12.8. The van der Waals surface area contributed by atoms with Crippen molar-refractivity contribution in [2.45, 2.75) is 225 Å². The minimum atomic E-state index is -1.13. The summed E-state index contributed by atoms with van der Waals surface area (Å²) in [6, 6.07) is -0.732. The third-order valence-corrected chi connectivity index (χ3v) is 11.5. The third kappa shape index (κ3) is 45.7. The fourth-order valence-corrected chi connectivity index (χ4v) is 7.49. The van der Waals surface area contributed by atoms with Crippen LogP contribution < -0.4 is 5.11 Å². The van der Waals surface area contributed by atoms with Crippen LogP contribution in [0.4, 0.5) is 0 Å². The van der Waals surface area contributed by atoms with Crippen LogP contribution in [0.3, 0.4) is 0 Å². The van der Waals surface area contributed by atoms with E-state index >= 15 is 0 Å². The molecule has 0 heterocycles. The van der Waals surface area contributed by atoms with Crippen molar-refractivity contribution in [3.05, 3.63) is 85.1 Å². The van der Waals surface area contributed by atoms with Crippen LogP contribution in [0.5, 0.6) is 0 Å². The number of carbonyl (C=O) groups is 3. The van der Waals surface area contributed by atoms with Gasteiger partial charge >= 0.3 is 11.9 Å². The second-order valence-corrected chi connectivity index (χ2v) is 18.7. The summed E-state index contributed by atoms with van der Waals surface area (Å²) >= 11 is 0. The summed E-state index contributed by atoms with van der Waals surface area (Å²) in [7, 11) is 5.41. The first-order valence-corrected chi connectivity index (χ1v) is 26.6. The van der Waals surface area contributed by atoms with Gasteiger partial charge < -0.3 is 28.6 Å². The number of allylic oxidation sites excluding steroid dienone is 14. The van der Waals surface area contributed by atoms with Gasteiger partial charge in [0.25, 0.3) is 0 Å². The summed E-state index contributed by atoms with van der Waals surface area (Å²) in [5, 5.41) is 11.7. The molecule has 8 nitrogen and oxygen atoms in total. The summed E-state index contributed by atoms with van der Waals surface area (Å²) < 4.78 is 17.3. The largest absolute Gasteiger partial charge is 0.544 e. The van der Waals surface area contributed by atoms with E-state index in [9.17, 15) is 19.5 Å². The van der Waals surface area contributed by atoms with Gasteiger partial charge in [-0.15, -0.1) is 0 Å². The van der Waals surface area contributed by atoms with Gasteiger partial charge in [-0.2, -0.15) is 0 Å². The van der Waals surface area contributed by atoms with E-state index in [2.05, 4.69) is 98.9 Å². The topological polar surface area (TPSA) is 102 Å². The molecule has 0 aromatic rings. The number of ether oxygens (including phenoxy) is 3. The Kier molecular flexibility index (Phi) is 45.4. The summed E-state index contributed by atoms with van der Waals surface area (Å²) in [4.78, 5) is 37.1. The molecule has 0 amide bonds. The maximum atomic E-state index is 12.8. The normalized spacial score (nSPS) is 13.5. The van der Waals surface area contributed by atoms with Gasteiger partial charge in [-0.3, -0.25) is 9.59 Å². The van der Waals surface area contributed by atoms with Crippen LogP contribution in [-0.4, -0.2) is 75.5 Å². The SMILES string of the molecule is CC/C=C/C/C=C/C/C=C/C/C=C/CCCCCCCCCCCC(=O)OCC(COCCC(C(=O)[O-])[N+](C)(C)C)OC(=O)CCCCCCCCCCCC/C=C/C/C=C/C/C=C/CC. The van der Waals surface area contributed by atoms with Crippen molar-refractivity contribution in [1.82, 2.24) is 0 Å². The van der Waals surface area contributed by atoms with Gasteiger partial charge in [0.05, 0.1) is 40.3 Å². The first kappa shape index (κ1) is 62.5. The molecule has 2 atom stereocenters. The van der Waals surface area contributed by atoms with Crippen molar-refractivity contribution in [2.75, 3.05) is 41.0 Å². The number of nitrogens with zero attached hydrogens (tertiary/aromatic N) is 1. The van der Waals surface area contributed by atoms with Gasteiger partial charge in [-0.05, 0) is 83.5 Å². The van der Waals surface area contributed by atoms with Gasteiger partial charge in [0.1, 0.15) is 12.6 Å². The average Bonchev–Trinajstić information content (AvgIpc) is 3.28. The molecule has 0 aliphatic carbocycles. The second kappa shape index (κ2) is 48.0. The molecule has 378 valence electrons. The minimum absolute atomic E-state index is 0.0338. The fraction of sp³-hybridized carbons (Fsp3) is 0.707. The minimum Gasteiger partial charge on any atom is -0.544 e. The van der Waals surface area contributed by atoms with E-state index in [0.29, 0.717) is 12.8 Å². The Morgan fingerprint density at radius 1 is 0.455 bits per heavy atom. The zero-order chi connectivity index (χ0) is 48.4. The summed E-state index contributed by atoms with van der Waals surface area (Å²) in [6.45, 7) is 4.44. The molecular formula is C58H99NO7.